The minimum absolute atomic E-state index is 0. The molecule has 1 aromatic carbocycles. The van der Waals surface area contributed by atoms with E-state index in [-0.39, 0.29) is 28.9 Å². The van der Waals surface area contributed by atoms with Gasteiger partial charge < -0.3 is 10.3 Å². The molecule has 2 N–H and O–H groups in total. The van der Waals surface area contributed by atoms with Crippen molar-refractivity contribution in [3.05, 3.63) is 40.8 Å². The van der Waals surface area contributed by atoms with E-state index in [0.717, 1.165) is 12.1 Å². The van der Waals surface area contributed by atoms with Crippen LogP contribution < -0.4 is 5.73 Å². The molecule has 1 aromatic heterocycles. The fraction of sp³-hybridized carbons (Fsp3) is 0.429. The lowest BCUT2D eigenvalue weighted by molar-refractivity contribution is 0.176. The van der Waals surface area contributed by atoms with Crippen molar-refractivity contribution in [1.82, 2.24) is 19.3 Å². The molecule has 1 aliphatic rings. The first-order valence-electron chi connectivity index (χ1n) is 7.59. The molecule has 0 radical (unpaired) electrons. The van der Waals surface area contributed by atoms with E-state index < -0.39 is 15.8 Å². The van der Waals surface area contributed by atoms with Gasteiger partial charge in [0.1, 0.15) is 5.82 Å². The maximum Gasteiger partial charge on any atom is 0.243 e. The van der Waals surface area contributed by atoms with Crippen LogP contribution in [0.25, 0.3) is 0 Å². The number of benzene rings is 1. The number of halogens is 3. The average Bonchev–Trinajstić information content (AvgIpc) is 3.05. The standard InChI is InChI=1S/C14H17ClFN5O3S.ClH/c15-11-7-10(1-2-12(11)16)25(22,23)21-5-3-20(4-6-21)9-13-18-14(8-17)24-19-13;/h1-2,7H,3-6,8-9,17H2;1H. The summed E-state index contributed by atoms with van der Waals surface area (Å²) in [5.74, 6) is 0.230. The maximum atomic E-state index is 13.2. The summed E-state index contributed by atoms with van der Waals surface area (Å²) in [6.07, 6.45) is 0. The fourth-order valence-corrected chi connectivity index (χ4v) is 4.25. The third-order valence-corrected chi connectivity index (χ3v) is 6.09. The number of hydrogen-bond acceptors (Lipinski definition) is 7. The van der Waals surface area contributed by atoms with Crippen LogP contribution >= 0.6 is 24.0 Å². The zero-order valence-corrected chi connectivity index (χ0v) is 16.0. The van der Waals surface area contributed by atoms with Gasteiger partial charge in [-0.2, -0.15) is 9.29 Å². The second kappa shape index (κ2) is 8.59. The van der Waals surface area contributed by atoms with Crippen LogP contribution in [-0.2, 0) is 23.1 Å². The van der Waals surface area contributed by atoms with Gasteiger partial charge in [0.25, 0.3) is 0 Å². The summed E-state index contributed by atoms with van der Waals surface area (Å²) in [5.41, 5.74) is 5.42. The topological polar surface area (TPSA) is 106 Å². The van der Waals surface area contributed by atoms with Gasteiger partial charge in [-0.25, -0.2) is 12.8 Å². The summed E-state index contributed by atoms with van der Waals surface area (Å²) < 4.78 is 44.8. The molecule has 0 unspecified atom stereocenters. The average molecular weight is 426 g/mol. The zero-order chi connectivity index (χ0) is 18.0. The Morgan fingerprint density at radius 3 is 2.54 bits per heavy atom. The Hall–Kier alpha value is -1.30. The molecule has 1 fully saturated rings. The number of nitrogens with two attached hydrogens (primary N) is 1. The molecule has 0 amide bonds. The number of nitrogens with zero attached hydrogens (tertiary/aromatic N) is 4. The first kappa shape index (κ1) is 21.0. The van der Waals surface area contributed by atoms with Crippen molar-refractivity contribution in [3.63, 3.8) is 0 Å². The predicted molar refractivity (Wildman–Crippen MR) is 94.9 cm³/mol. The molecule has 1 saturated heterocycles. The molecule has 0 saturated carbocycles. The zero-order valence-electron chi connectivity index (χ0n) is 13.6. The summed E-state index contributed by atoms with van der Waals surface area (Å²) in [5, 5.41) is 3.61. The van der Waals surface area contributed by atoms with Crippen LogP contribution in [0, 0.1) is 5.82 Å². The first-order valence-corrected chi connectivity index (χ1v) is 9.41. The van der Waals surface area contributed by atoms with Gasteiger partial charge in [0, 0.05) is 26.2 Å². The van der Waals surface area contributed by atoms with E-state index in [1.54, 1.807) is 0 Å². The summed E-state index contributed by atoms with van der Waals surface area (Å²) in [6, 6.07) is 3.40. The Morgan fingerprint density at radius 2 is 1.96 bits per heavy atom. The van der Waals surface area contributed by atoms with E-state index in [1.807, 2.05) is 4.90 Å². The van der Waals surface area contributed by atoms with Gasteiger partial charge in [0.05, 0.1) is 23.0 Å². The smallest absolute Gasteiger partial charge is 0.243 e. The third-order valence-electron chi connectivity index (χ3n) is 3.91. The van der Waals surface area contributed by atoms with Crippen molar-refractivity contribution < 1.29 is 17.3 Å². The molecular weight excluding hydrogens is 408 g/mol. The maximum absolute atomic E-state index is 13.2. The van der Waals surface area contributed by atoms with Gasteiger partial charge in [0.15, 0.2) is 5.82 Å². The van der Waals surface area contributed by atoms with E-state index in [4.69, 9.17) is 21.9 Å². The molecule has 0 aliphatic carbocycles. The molecule has 144 valence electrons. The second-order valence-corrected chi connectivity index (χ2v) is 7.91. The van der Waals surface area contributed by atoms with Gasteiger partial charge in [-0.3, -0.25) is 4.90 Å². The summed E-state index contributed by atoms with van der Waals surface area (Å²) in [4.78, 5) is 6.14. The van der Waals surface area contributed by atoms with Crippen molar-refractivity contribution in [2.45, 2.75) is 18.0 Å². The highest BCUT2D eigenvalue weighted by Gasteiger charge is 2.29. The quantitative estimate of drug-likeness (QED) is 0.767. The predicted octanol–water partition coefficient (Wildman–Crippen LogP) is 1.25. The van der Waals surface area contributed by atoms with E-state index in [9.17, 15) is 12.8 Å². The minimum atomic E-state index is -3.71. The lowest BCUT2D eigenvalue weighted by atomic mass is 10.3. The normalized spacial score (nSPS) is 16.4. The Morgan fingerprint density at radius 1 is 1.27 bits per heavy atom. The molecule has 2 aromatic rings. The van der Waals surface area contributed by atoms with Crippen LogP contribution in [0.4, 0.5) is 4.39 Å². The Bertz CT molecular complexity index is 856. The van der Waals surface area contributed by atoms with Crippen LogP contribution in [0.2, 0.25) is 5.02 Å². The molecule has 1 aliphatic heterocycles. The number of hydrogen-bond donors (Lipinski definition) is 1. The Labute approximate surface area is 161 Å². The Kier molecular flexibility index (Phi) is 6.94. The molecule has 0 atom stereocenters. The molecular formula is C14H18Cl2FN5O3S. The van der Waals surface area contributed by atoms with E-state index in [0.29, 0.717) is 44.4 Å². The summed E-state index contributed by atoms with van der Waals surface area (Å²) >= 11 is 5.69. The van der Waals surface area contributed by atoms with Gasteiger partial charge >= 0.3 is 0 Å². The SMILES string of the molecule is Cl.NCc1nc(CN2CCN(S(=O)(=O)c3ccc(F)c(Cl)c3)CC2)no1. The van der Waals surface area contributed by atoms with Crippen LogP contribution in [0.1, 0.15) is 11.7 Å². The highest BCUT2D eigenvalue weighted by atomic mass is 35.5. The lowest BCUT2D eigenvalue weighted by Crippen LogP contribution is -2.48. The van der Waals surface area contributed by atoms with Crippen LogP contribution in [0.5, 0.6) is 0 Å². The van der Waals surface area contributed by atoms with E-state index >= 15 is 0 Å². The van der Waals surface area contributed by atoms with E-state index in [1.165, 1.54) is 10.4 Å². The molecule has 12 heteroatoms. The highest BCUT2D eigenvalue weighted by molar-refractivity contribution is 7.89. The van der Waals surface area contributed by atoms with Gasteiger partial charge in [-0.05, 0) is 18.2 Å². The number of rotatable bonds is 5. The number of sulfonamides is 1. The van der Waals surface area contributed by atoms with E-state index in [2.05, 4.69) is 10.1 Å². The van der Waals surface area contributed by atoms with Crippen molar-refractivity contribution in [2.24, 2.45) is 5.73 Å². The molecule has 3 rings (SSSR count). The molecule has 26 heavy (non-hydrogen) atoms. The van der Waals surface area contributed by atoms with Crippen LogP contribution in [-0.4, -0.2) is 53.9 Å². The minimum Gasteiger partial charge on any atom is -0.338 e. The van der Waals surface area contributed by atoms with Crippen LogP contribution in [0.15, 0.2) is 27.6 Å². The molecule has 0 spiro atoms. The van der Waals surface area contributed by atoms with Gasteiger partial charge in [-0.15, -0.1) is 12.4 Å². The first-order chi connectivity index (χ1) is 11.9. The monoisotopic (exact) mass is 425 g/mol. The second-order valence-electron chi connectivity index (χ2n) is 5.56. The van der Waals surface area contributed by atoms with Crippen molar-refractivity contribution in [3.8, 4) is 0 Å². The fourth-order valence-electron chi connectivity index (χ4n) is 2.55. The van der Waals surface area contributed by atoms with Gasteiger partial charge in [-0.1, -0.05) is 16.8 Å². The molecule has 8 nitrogen and oxygen atoms in total. The third kappa shape index (κ3) is 4.51. The summed E-state index contributed by atoms with van der Waals surface area (Å²) in [6.45, 7) is 2.28. The lowest BCUT2D eigenvalue weighted by Gasteiger charge is -2.33. The van der Waals surface area contributed by atoms with Gasteiger partial charge in [0.2, 0.25) is 15.9 Å². The number of piperazine rings is 1. The molecule has 2 heterocycles. The number of aromatic nitrogens is 2. The highest BCUT2D eigenvalue weighted by Crippen LogP contribution is 2.23. The Balaban J connectivity index is 0.00000243. The van der Waals surface area contributed by atoms with Crippen molar-refractivity contribution in [1.29, 1.82) is 0 Å². The summed E-state index contributed by atoms with van der Waals surface area (Å²) in [7, 11) is -3.71. The largest absolute Gasteiger partial charge is 0.338 e. The van der Waals surface area contributed by atoms with Crippen molar-refractivity contribution >= 4 is 34.0 Å². The van der Waals surface area contributed by atoms with Crippen molar-refractivity contribution in [2.75, 3.05) is 26.2 Å². The molecule has 0 bridgehead atoms. The van der Waals surface area contributed by atoms with Crippen LogP contribution in [0.3, 0.4) is 0 Å².